The van der Waals surface area contributed by atoms with E-state index in [-0.39, 0.29) is 12.2 Å². The Morgan fingerprint density at radius 3 is 2.76 bits per heavy atom. The Labute approximate surface area is 105 Å². The van der Waals surface area contributed by atoms with Gasteiger partial charge in [0.1, 0.15) is 0 Å². The Hall–Kier alpha value is -0.380. The highest BCUT2D eigenvalue weighted by molar-refractivity contribution is 4.86. The van der Waals surface area contributed by atoms with Crippen molar-refractivity contribution in [3.8, 4) is 0 Å². The van der Waals surface area contributed by atoms with E-state index in [1.54, 1.807) is 0 Å². The first-order valence-corrected chi connectivity index (χ1v) is 6.65. The lowest BCUT2D eigenvalue weighted by molar-refractivity contribution is -0.119. The summed E-state index contributed by atoms with van der Waals surface area (Å²) < 4.78 is 11.5. The zero-order valence-corrected chi connectivity index (χ0v) is 11.2. The maximum Gasteiger partial charge on any atom is 0.0862 e. The van der Waals surface area contributed by atoms with Crippen molar-refractivity contribution in [3.63, 3.8) is 0 Å². The van der Waals surface area contributed by atoms with E-state index in [0.717, 1.165) is 19.3 Å². The first kappa shape index (κ1) is 14.7. The molecule has 0 aliphatic heterocycles. The molecular weight excluding hydrogens is 216 g/mol. The van der Waals surface area contributed by atoms with Crippen LogP contribution in [0.3, 0.4) is 0 Å². The van der Waals surface area contributed by atoms with Gasteiger partial charge in [-0.25, -0.2) is 0 Å². The Kier molecular flexibility index (Phi) is 6.78. The average molecular weight is 242 g/mol. The molecule has 100 valence electrons. The zero-order valence-electron chi connectivity index (χ0n) is 11.2. The van der Waals surface area contributed by atoms with Crippen molar-refractivity contribution in [2.75, 3.05) is 19.8 Å². The molecule has 0 saturated heterocycles. The van der Waals surface area contributed by atoms with Crippen LogP contribution in [0.4, 0.5) is 0 Å². The van der Waals surface area contributed by atoms with Gasteiger partial charge in [-0.05, 0) is 46.0 Å². The lowest BCUT2D eigenvalue weighted by Gasteiger charge is -2.31. The minimum atomic E-state index is -0.261. The molecule has 1 rings (SSSR count). The number of hydrogen-bond acceptors (Lipinski definition) is 3. The molecule has 0 saturated carbocycles. The van der Waals surface area contributed by atoms with Crippen molar-refractivity contribution >= 4 is 0 Å². The van der Waals surface area contributed by atoms with Crippen LogP contribution in [0.25, 0.3) is 0 Å². The summed E-state index contributed by atoms with van der Waals surface area (Å²) in [6.07, 6.45) is 10.6. The number of aliphatic hydroxyl groups excluding tert-OH is 1. The predicted octanol–water partition coefficient (Wildman–Crippen LogP) is 2.68. The molecule has 1 N–H and O–H groups in total. The Bertz CT molecular complexity index is 224. The van der Waals surface area contributed by atoms with Crippen molar-refractivity contribution in [2.45, 2.75) is 57.7 Å². The number of hydrogen-bond donors (Lipinski definition) is 1. The van der Waals surface area contributed by atoms with E-state index in [4.69, 9.17) is 14.6 Å². The fourth-order valence-corrected chi connectivity index (χ4v) is 2.11. The van der Waals surface area contributed by atoms with Gasteiger partial charge in [-0.2, -0.15) is 0 Å². The first-order chi connectivity index (χ1) is 8.14. The first-order valence-electron chi connectivity index (χ1n) is 6.65. The van der Waals surface area contributed by atoms with Crippen LogP contribution in [0.2, 0.25) is 0 Å². The van der Waals surface area contributed by atoms with Crippen LogP contribution in [0.1, 0.15) is 46.0 Å². The molecule has 1 unspecified atom stereocenters. The molecular formula is C14H26O3. The van der Waals surface area contributed by atoms with Crippen LogP contribution in [0, 0.1) is 0 Å². The Morgan fingerprint density at radius 1 is 1.24 bits per heavy atom. The third-order valence-electron chi connectivity index (χ3n) is 2.89. The molecule has 0 radical (unpaired) electrons. The van der Waals surface area contributed by atoms with Gasteiger partial charge in [0.2, 0.25) is 0 Å². The zero-order chi connectivity index (χ0) is 12.6. The second kappa shape index (κ2) is 7.85. The maximum atomic E-state index is 8.68. The van der Waals surface area contributed by atoms with Gasteiger partial charge < -0.3 is 14.6 Å². The van der Waals surface area contributed by atoms with E-state index in [0.29, 0.717) is 19.3 Å². The highest BCUT2D eigenvalue weighted by Gasteiger charge is 2.23. The van der Waals surface area contributed by atoms with Crippen molar-refractivity contribution < 1.29 is 14.6 Å². The molecule has 0 amide bonds. The van der Waals surface area contributed by atoms with E-state index >= 15 is 0 Å². The molecule has 1 aliphatic rings. The van der Waals surface area contributed by atoms with Crippen LogP contribution in [0.5, 0.6) is 0 Å². The normalized spacial score (nSPS) is 24.1. The molecule has 1 aliphatic carbocycles. The molecule has 3 heteroatoms. The SMILES string of the molecule is CC(C)(COCCO)OC1CC/C=C\CCC1. The largest absolute Gasteiger partial charge is 0.394 e. The van der Waals surface area contributed by atoms with Gasteiger partial charge in [0.25, 0.3) is 0 Å². The summed E-state index contributed by atoms with van der Waals surface area (Å²) in [5.74, 6) is 0. The van der Waals surface area contributed by atoms with Crippen molar-refractivity contribution in [3.05, 3.63) is 12.2 Å². The van der Waals surface area contributed by atoms with E-state index in [2.05, 4.69) is 26.0 Å². The van der Waals surface area contributed by atoms with E-state index in [1.165, 1.54) is 12.8 Å². The molecule has 1 atom stereocenters. The van der Waals surface area contributed by atoms with Crippen LogP contribution in [-0.4, -0.2) is 36.6 Å². The van der Waals surface area contributed by atoms with E-state index < -0.39 is 0 Å². The second-order valence-corrected chi connectivity index (χ2v) is 5.26. The van der Waals surface area contributed by atoms with E-state index in [9.17, 15) is 0 Å². The van der Waals surface area contributed by atoms with Crippen LogP contribution < -0.4 is 0 Å². The fourth-order valence-electron chi connectivity index (χ4n) is 2.11. The van der Waals surface area contributed by atoms with Gasteiger partial charge in [0.15, 0.2) is 0 Å². The molecule has 0 aromatic rings. The van der Waals surface area contributed by atoms with Gasteiger partial charge in [0, 0.05) is 0 Å². The number of rotatable bonds is 6. The van der Waals surface area contributed by atoms with Gasteiger partial charge in [-0.1, -0.05) is 12.2 Å². The van der Waals surface area contributed by atoms with Crippen LogP contribution >= 0.6 is 0 Å². The molecule has 3 nitrogen and oxygen atoms in total. The topological polar surface area (TPSA) is 38.7 Å². The summed E-state index contributed by atoms with van der Waals surface area (Å²) in [4.78, 5) is 0. The Balaban J connectivity index is 2.31. The molecule has 0 aromatic carbocycles. The highest BCUT2D eigenvalue weighted by atomic mass is 16.5. The minimum absolute atomic E-state index is 0.0737. The predicted molar refractivity (Wildman–Crippen MR) is 69.1 cm³/mol. The van der Waals surface area contributed by atoms with Crippen molar-refractivity contribution in [2.24, 2.45) is 0 Å². The summed E-state index contributed by atoms with van der Waals surface area (Å²) in [6, 6.07) is 0. The molecule has 0 fully saturated rings. The Morgan fingerprint density at radius 2 is 2.00 bits per heavy atom. The number of ether oxygens (including phenoxy) is 2. The summed E-state index contributed by atoms with van der Waals surface area (Å²) in [5, 5.41) is 8.68. The second-order valence-electron chi connectivity index (χ2n) is 5.26. The third-order valence-corrected chi connectivity index (χ3v) is 2.89. The number of allylic oxidation sites excluding steroid dienone is 2. The third kappa shape index (κ3) is 6.81. The minimum Gasteiger partial charge on any atom is -0.394 e. The highest BCUT2D eigenvalue weighted by Crippen LogP contribution is 2.21. The summed E-state index contributed by atoms with van der Waals surface area (Å²) in [6.45, 7) is 5.11. The average Bonchev–Trinajstić information content (AvgIpc) is 2.22. The fraction of sp³-hybridized carbons (Fsp3) is 0.857. The summed E-state index contributed by atoms with van der Waals surface area (Å²) >= 11 is 0. The maximum absolute atomic E-state index is 8.68. The number of aliphatic hydroxyl groups is 1. The lowest BCUT2D eigenvalue weighted by atomic mass is 10.0. The molecule has 17 heavy (non-hydrogen) atoms. The monoisotopic (exact) mass is 242 g/mol. The molecule has 0 spiro atoms. The lowest BCUT2D eigenvalue weighted by Crippen LogP contribution is -2.36. The van der Waals surface area contributed by atoms with Gasteiger partial charge in [-0.15, -0.1) is 0 Å². The van der Waals surface area contributed by atoms with Crippen LogP contribution in [-0.2, 0) is 9.47 Å². The van der Waals surface area contributed by atoms with E-state index in [1.807, 2.05) is 0 Å². The van der Waals surface area contributed by atoms with Crippen molar-refractivity contribution in [1.29, 1.82) is 0 Å². The quantitative estimate of drug-likeness (QED) is 0.575. The van der Waals surface area contributed by atoms with Crippen LogP contribution in [0.15, 0.2) is 12.2 Å². The standard InChI is InChI=1S/C14H26O3/c1-14(2,12-16-11-10-15)17-13-8-6-4-3-5-7-9-13/h3-4,13,15H,5-12H2,1-2H3/b4-3-. The molecule has 0 bridgehead atoms. The summed E-state index contributed by atoms with van der Waals surface area (Å²) in [5.41, 5.74) is -0.261. The molecule has 0 aromatic heterocycles. The van der Waals surface area contributed by atoms with Gasteiger partial charge in [-0.3, -0.25) is 0 Å². The van der Waals surface area contributed by atoms with Gasteiger partial charge in [0.05, 0.1) is 31.5 Å². The summed E-state index contributed by atoms with van der Waals surface area (Å²) in [7, 11) is 0. The molecule has 0 heterocycles. The van der Waals surface area contributed by atoms with Crippen molar-refractivity contribution in [1.82, 2.24) is 0 Å². The van der Waals surface area contributed by atoms with Gasteiger partial charge >= 0.3 is 0 Å². The smallest absolute Gasteiger partial charge is 0.0862 e.